The lowest BCUT2D eigenvalue weighted by molar-refractivity contribution is 0.570. The van der Waals surface area contributed by atoms with E-state index in [0.717, 1.165) is 15.6 Å². The van der Waals surface area contributed by atoms with Gasteiger partial charge in [-0.15, -0.1) is 0 Å². The smallest absolute Gasteiger partial charge is 0.125 e. The van der Waals surface area contributed by atoms with Crippen molar-refractivity contribution in [1.29, 1.82) is 0 Å². The van der Waals surface area contributed by atoms with Crippen LogP contribution in [-0.4, -0.2) is 5.94 Å². The van der Waals surface area contributed by atoms with E-state index >= 15 is 0 Å². The van der Waals surface area contributed by atoms with Gasteiger partial charge in [-0.1, -0.05) is 41.9 Å². The molecule has 0 atom stereocenters. The number of halogens is 1. The highest BCUT2D eigenvalue weighted by atomic mass is 79.9. The van der Waals surface area contributed by atoms with E-state index < -0.39 is 0 Å². The minimum Gasteiger partial charge on any atom is -0.233 e. The van der Waals surface area contributed by atoms with Gasteiger partial charge in [-0.05, 0) is 23.1 Å². The van der Waals surface area contributed by atoms with E-state index in [1.807, 2.05) is 24.1 Å². The summed E-state index contributed by atoms with van der Waals surface area (Å²) < 4.78 is 1.05. The van der Waals surface area contributed by atoms with Gasteiger partial charge >= 0.3 is 0 Å². The van der Waals surface area contributed by atoms with Crippen LogP contribution >= 0.6 is 15.9 Å². The van der Waals surface area contributed by atoms with Crippen molar-refractivity contribution in [3.05, 3.63) is 33.8 Å². The summed E-state index contributed by atoms with van der Waals surface area (Å²) in [7, 11) is 0. The van der Waals surface area contributed by atoms with Crippen molar-refractivity contribution in [3.63, 3.8) is 0 Å². The molecule has 0 aliphatic heterocycles. The third-order valence-corrected chi connectivity index (χ3v) is 2.57. The van der Waals surface area contributed by atoms with E-state index in [4.69, 9.17) is 0 Å². The first kappa shape index (κ1) is 10.2. The maximum absolute atomic E-state index is 10.3. The van der Waals surface area contributed by atoms with E-state index in [-0.39, 0.29) is 0 Å². The fourth-order valence-corrected chi connectivity index (χ4v) is 2.19. The minimum atomic E-state index is 0.398. The Morgan fingerprint density at radius 1 is 1.46 bits per heavy atom. The van der Waals surface area contributed by atoms with Gasteiger partial charge in [0.05, 0.1) is 0 Å². The van der Waals surface area contributed by atoms with Gasteiger partial charge in [0.2, 0.25) is 0 Å². The third kappa shape index (κ3) is 2.30. The summed E-state index contributed by atoms with van der Waals surface area (Å²) in [6.45, 7) is 4.20. The zero-order valence-electron chi connectivity index (χ0n) is 7.67. The molecule has 68 valence electrons. The van der Waals surface area contributed by atoms with Crippen LogP contribution in [0.2, 0.25) is 0 Å². The van der Waals surface area contributed by atoms with Crippen LogP contribution in [0.3, 0.4) is 0 Å². The molecule has 0 spiro atoms. The molecule has 0 saturated carbocycles. The standard InChI is InChI=1S/C11H11BrO/c1-8(2)11-9(6-7-13)4-3-5-10(11)12/h3-6,8H,1-2H3. The summed E-state index contributed by atoms with van der Waals surface area (Å²) in [6.07, 6.45) is 1.47. The van der Waals surface area contributed by atoms with Gasteiger partial charge in [-0.25, -0.2) is 4.79 Å². The summed E-state index contributed by atoms with van der Waals surface area (Å²) >= 11 is 3.47. The van der Waals surface area contributed by atoms with Crippen molar-refractivity contribution in [2.24, 2.45) is 0 Å². The van der Waals surface area contributed by atoms with Gasteiger partial charge in [0.25, 0.3) is 0 Å². The summed E-state index contributed by atoms with van der Waals surface area (Å²) in [4.78, 5) is 10.3. The molecular weight excluding hydrogens is 228 g/mol. The molecule has 0 radical (unpaired) electrons. The van der Waals surface area contributed by atoms with E-state index in [2.05, 4.69) is 29.8 Å². The van der Waals surface area contributed by atoms with Gasteiger partial charge in [0.15, 0.2) is 0 Å². The van der Waals surface area contributed by atoms with Crippen molar-refractivity contribution in [2.75, 3.05) is 0 Å². The number of hydrogen-bond acceptors (Lipinski definition) is 1. The summed E-state index contributed by atoms with van der Waals surface area (Å²) in [5, 5.41) is 0. The van der Waals surface area contributed by atoms with Crippen LogP contribution < -0.4 is 0 Å². The predicted molar refractivity (Wildman–Crippen MR) is 58.4 cm³/mol. The Kier molecular flexibility index (Phi) is 3.47. The molecule has 0 aliphatic carbocycles. The first-order chi connectivity index (χ1) is 6.16. The maximum Gasteiger partial charge on any atom is 0.125 e. The third-order valence-electron chi connectivity index (χ3n) is 1.88. The van der Waals surface area contributed by atoms with Crippen molar-refractivity contribution < 1.29 is 4.79 Å². The van der Waals surface area contributed by atoms with Crippen molar-refractivity contribution in [1.82, 2.24) is 0 Å². The highest BCUT2D eigenvalue weighted by molar-refractivity contribution is 9.10. The predicted octanol–water partition coefficient (Wildman–Crippen LogP) is 3.42. The Morgan fingerprint density at radius 2 is 2.15 bits per heavy atom. The molecule has 1 rings (SSSR count). The lowest BCUT2D eigenvalue weighted by atomic mass is 9.97. The Hall–Kier alpha value is -0.850. The van der Waals surface area contributed by atoms with E-state index in [9.17, 15) is 4.79 Å². The molecule has 13 heavy (non-hydrogen) atoms. The first-order valence-electron chi connectivity index (χ1n) is 4.16. The van der Waals surface area contributed by atoms with Gasteiger partial charge < -0.3 is 0 Å². The van der Waals surface area contributed by atoms with Crippen LogP contribution in [0, 0.1) is 0 Å². The van der Waals surface area contributed by atoms with Gasteiger partial charge in [-0.2, -0.15) is 0 Å². The Labute approximate surface area is 86.6 Å². The molecule has 0 aromatic heterocycles. The van der Waals surface area contributed by atoms with Crippen LogP contribution in [0.5, 0.6) is 0 Å². The molecule has 0 bridgehead atoms. The molecule has 1 aromatic rings. The van der Waals surface area contributed by atoms with Crippen molar-refractivity contribution in [3.8, 4) is 0 Å². The van der Waals surface area contributed by atoms with Crippen molar-refractivity contribution in [2.45, 2.75) is 19.8 Å². The van der Waals surface area contributed by atoms with Crippen LogP contribution in [0.15, 0.2) is 22.7 Å². The zero-order valence-corrected chi connectivity index (χ0v) is 9.26. The summed E-state index contributed by atoms with van der Waals surface area (Å²) in [6, 6.07) is 5.82. The Morgan fingerprint density at radius 3 is 2.69 bits per heavy atom. The molecule has 1 nitrogen and oxygen atoms in total. The number of hydrogen-bond donors (Lipinski definition) is 0. The Bertz CT molecular complexity index is 349. The molecule has 0 saturated heterocycles. The second-order valence-electron chi connectivity index (χ2n) is 3.16. The molecule has 0 unspecified atom stereocenters. The summed E-state index contributed by atoms with van der Waals surface area (Å²) in [5.74, 6) is 2.21. The average Bonchev–Trinajstić information content (AvgIpc) is 2.04. The molecule has 0 amide bonds. The van der Waals surface area contributed by atoms with Crippen LogP contribution in [0.25, 0.3) is 6.08 Å². The quantitative estimate of drug-likeness (QED) is 0.722. The van der Waals surface area contributed by atoms with Crippen LogP contribution in [-0.2, 0) is 4.79 Å². The highest BCUT2D eigenvalue weighted by Crippen LogP contribution is 2.28. The highest BCUT2D eigenvalue weighted by Gasteiger charge is 2.07. The molecule has 0 fully saturated rings. The van der Waals surface area contributed by atoms with Gasteiger partial charge in [-0.3, -0.25) is 0 Å². The van der Waals surface area contributed by atoms with Crippen LogP contribution in [0.4, 0.5) is 0 Å². The minimum absolute atomic E-state index is 0.398. The first-order valence-corrected chi connectivity index (χ1v) is 4.95. The molecule has 0 heterocycles. The second kappa shape index (κ2) is 4.40. The van der Waals surface area contributed by atoms with Gasteiger partial charge in [0.1, 0.15) is 5.94 Å². The Balaban J connectivity index is 3.33. The van der Waals surface area contributed by atoms with E-state index in [1.165, 1.54) is 6.08 Å². The topological polar surface area (TPSA) is 17.1 Å². The lowest BCUT2D eigenvalue weighted by Crippen LogP contribution is -1.93. The normalized spacial score (nSPS) is 9.85. The lowest BCUT2D eigenvalue weighted by Gasteiger charge is -2.11. The maximum atomic E-state index is 10.3. The zero-order chi connectivity index (χ0) is 9.84. The monoisotopic (exact) mass is 238 g/mol. The van der Waals surface area contributed by atoms with Crippen molar-refractivity contribution >= 4 is 27.9 Å². The average molecular weight is 239 g/mol. The fourth-order valence-electron chi connectivity index (χ4n) is 1.35. The molecule has 0 aliphatic rings. The molecular formula is C11H11BrO. The molecule has 2 heteroatoms. The summed E-state index contributed by atoms with van der Waals surface area (Å²) in [5.41, 5.74) is 2.10. The van der Waals surface area contributed by atoms with E-state index in [1.54, 1.807) is 0 Å². The SMILES string of the molecule is CC(C)c1c(Br)cccc1C=C=O. The largest absolute Gasteiger partial charge is 0.233 e. The van der Waals surface area contributed by atoms with Crippen LogP contribution in [0.1, 0.15) is 30.9 Å². The number of rotatable bonds is 2. The van der Waals surface area contributed by atoms with Gasteiger partial charge in [0, 0.05) is 10.5 Å². The number of carbonyl (C=O) groups excluding carboxylic acids is 1. The second-order valence-corrected chi connectivity index (χ2v) is 4.01. The molecule has 0 N–H and O–H groups in total. The molecule has 1 aromatic carbocycles. The van der Waals surface area contributed by atoms with E-state index in [0.29, 0.717) is 5.92 Å². The number of benzene rings is 1. The fraction of sp³-hybridized carbons (Fsp3) is 0.273.